The summed E-state index contributed by atoms with van der Waals surface area (Å²) in [5.74, 6) is 1.84. The number of rotatable bonds is 6. The highest BCUT2D eigenvalue weighted by atomic mass is 35.5. The Kier molecular flexibility index (Phi) is 5.62. The number of carbonyl (C=O) groups excluding carboxylic acids is 1. The third-order valence-corrected chi connectivity index (χ3v) is 6.43. The van der Waals surface area contributed by atoms with Crippen molar-refractivity contribution in [2.45, 2.75) is 23.4 Å². The molecule has 1 saturated carbocycles. The van der Waals surface area contributed by atoms with Gasteiger partial charge in [-0.25, -0.2) is 0 Å². The number of hydrogen-bond donors (Lipinski definition) is 1. The van der Waals surface area contributed by atoms with Gasteiger partial charge in [0.25, 0.3) is 0 Å². The van der Waals surface area contributed by atoms with Crippen molar-refractivity contribution in [3.8, 4) is 0 Å². The van der Waals surface area contributed by atoms with Gasteiger partial charge in [0.2, 0.25) is 5.91 Å². The molecule has 2 unspecified atom stereocenters. The third kappa shape index (κ3) is 4.04. The molecule has 1 aliphatic carbocycles. The van der Waals surface area contributed by atoms with Gasteiger partial charge in [-0.3, -0.25) is 4.79 Å². The second-order valence-corrected chi connectivity index (χ2v) is 8.45. The van der Waals surface area contributed by atoms with Crippen molar-refractivity contribution < 1.29 is 4.79 Å². The number of thioether (sulfide) groups is 1. The normalized spacial score (nSPS) is 18.1. The number of aromatic nitrogens is 3. The van der Waals surface area contributed by atoms with Crippen LogP contribution in [0.25, 0.3) is 0 Å². The summed E-state index contributed by atoms with van der Waals surface area (Å²) in [6.07, 6.45) is 1.08. The van der Waals surface area contributed by atoms with Gasteiger partial charge < -0.3 is 9.88 Å². The van der Waals surface area contributed by atoms with Gasteiger partial charge in [-0.1, -0.05) is 71.4 Å². The lowest BCUT2D eigenvalue weighted by atomic mass is 10.1. The average Bonchev–Trinajstić information content (AvgIpc) is 3.40. The largest absolute Gasteiger partial charge is 0.323 e. The molecule has 1 fully saturated rings. The van der Waals surface area contributed by atoms with E-state index in [1.165, 1.54) is 17.3 Å². The number of hydrogen-bond acceptors (Lipinski definition) is 4. The predicted octanol–water partition coefficient (Wildman–Crippen LogP) is 5.12. The summed E-state index contributed by atoms with van der Waals surface area (Å²) < 4.78 is 1.98. The van der Waals surface area contributed by atoms with E-state index in [2.05, 4.69) is 39.8 Å². The lowest BCUT2D eigenvalue weighted by Gasteiger charge is -2.09. The van der Waals surface area contributed by atoms with Crippen LogP contribution in [0.4, 0.5) is 5.69 Å². The Morgan fingerprint density at radius 3 is 2.54 bits per heavy atom. The molecule has 2 atom stereocenters. The molecule has 5 nitrogen and oxygen atoms in total. The average molecular weight is 433 g/mol. The summed E-state index contributed by atoms with van der Waals surface area (Å²) >= 11 is 13.5. The van der Waals surface area contributed by atoms with Gasteiger partial charge in [-0.2, -0.15) is 0 Å². The Balaban J connectivity index is 1.37. The SMILES string of the molecule is Cn1c(SCC(=O)Nc2c(Cl)cccc2Cl)nnc1C1CC1c1ccccc1. The van der Waals surface area contributed by atoms with E-state index >= 15 is 0 Å². The summed E-state index contributed by atoms with van der Waals surface area (Å²) in [5.41, 5.74) is 1.76. The summed E-state index contributed by atoms with van der Waals surface area (Å²) in [7, 11) is 1.95. The van der Waals surface area contributed by atoms with Crippen molar-refractivity contribution >= 4 is 46.6 Å². The molecule has 0 aliphatic heterocycles. The van der Waals surface area contributed by atoms with E-state index in [1.807, 2.05) is 17.7 Å². The molecule has 144 valence electrons. The van der Waals surface area contributed by atoms with E-state index in [4.69, 9.17) is 23.2 Å². The Morgan fingerprint density at radius 2 is 1.82 bits per heavy atom. The summed E-state index contributed by atoms with van der Waals surface area (Å²) in [6, 6.07) is 15.6. The van der Waals surface area contributed by atoms with Crippen LogP contribution in [0.3, 0.4) is 0 Å². The topological polar surface area (TPSA) is 59.8 Å². The van der Waals surface area contributed by atoms with E-state index in [-0.39, 0.29) is 11.7 Å². The van der Waals surface area contributed by atoms with Crippen LogP contribution in [0.15, 0.2) is 53.7 Å². The maximum Gasteiger partial charge on any atom is 0.234 e. The molecule has 28 heavy (non-hydrogen) atoms. The van der Waals surface area contributed by atoms with Crippen LogP contribution >= 0.6 is 35.0 Å². The maximum atomic E-state index is 12.3. The van der Waals surface area contributed by atoms with Crippen molar-refractivity contribution in [1.29, 1.82) is 0 Å². The van der Waals surface area contributed by atoms with Gasteiger partial charge in [0.05, 0.1) is 21.5 Å². The molecule has 1 aromatic heterocycles. The fraction of sp³-hybridized carbons (Fsp3) is 0.250. The number of carbonyl (C=O) groups is 1. The molecule has 8 heteroatoms. The fourth-order valence-corrected chi connectivity index (χ4v) is 4.46. The second kappa shape index (κ2) is 8.15. The van der Waals surface area contributed by atoms with Gasteiger partial charge >= 0.3 is 0 Å². The molecule has 1 heterocycles. The molecule has 0 bridgehead atoms. The van der Waals surface area contributed by atoms with Crippen LogP contribution in [0.1, 0.15) is 29.6 Å². The first-order valence-corrected chi connectivity index (χ1v) is 10.6. The van der Waals surface area contributed by atoms with E-state index in [9.17, 15) is 4.79 Å². The number of benzene rings is 2. The summed E-state index contributed by atoms with van der Waals surface area (Å²) in [6.45, 7) is 0. The van der Waals surface area contributed by atoms with Gasteiger partial charge in [-0.15, -0.1) is 10.2 Å². The maximum absolute atomic E-state index is 12.3. The number of para-hydroxylation sites is 1. The zero-order chi connectivity index (χ0) is 19.7. The monoisotopic (exact) mass is 432 g/mol. The number of anilines is 1. The minimum Gasteiger partial charge on any atom is -0.323 e. The number of amides is 1. The van der Waals surface area contributed by atoms with Gasteiger partial charge in [0.15, 0.2) is 5.16 Å². The molecule has 3 aromatic rings. The molecule has 4 rings (SSSR count). The highest BCUT2D eigenvalue weighted by Crippen LogP contribution is 2.54. The van der Waals surface area contributed by atoms with Gasteiger partial charge in [0, 0.05) is 13.0 Å². The van der Waals surface area contributed by atoms with E-state index in [0.29, 0.717) is 32.7 Å². The molecule has 1 aliphatic rings. The molecular formula is C20H18Cl2N4OS. The van der Waals surface area contributed by atoms with Crippen molar-refractivity contribution in [2.24, 2.45) is 7.05 Å². The Hall–Kier alpha value is -2.02. The minimum atomic E-state index is -0.196. The zero-order valence-electron chi connectivity index (χ0n) is 15.1. The number of nitrogens with one attached hydrogen (secondary N) is 1. The van der Waals surface area contributed by atoms with E-state index in [1.54, 1.807) is 18.2 Å². The van der Waals surface area contributed by atoms with Crippen LogP contribution < -0.4 is 5.32 Å². The van der Waals surface area contributed by atoms with Crippen molar-refractivity contribution in [3.05, 3.63) is 70.0 Å². The van der Waals surface area contributed by atoms with Crippen LogP contribution in [-0.2, 0) is 11.8 Å². The van der Waals surface area contributed by atoms with E-state index < -0.39 is 0 Å². The fourth-order valence-electron chi connectivity index (χ4n) is 3.25. The van der Waals surface area contributed by atoms with Crippen LogP contribution in [0.5, 0.6) is 0 Å². The Labute approximate surface area is 177 Å². The molecule has 1 amide bonds. The summed E-state index contributed by atoms with van der Waals surface area (Å²) in [4.78, 5) is 12.3. The van der Waals surface area contributed by atoms with Crippen molar-refractivity contribution in [1.82, 2.24) is 14.8 Å². The molecule has 0 spiro atoms. The van der Waals surface area contributed by atoms with Gasteiger partial charge in [-0.05, 0) is 30.0 Å². The molecule has 0 saturated heterocycles. The molecule has 1 N–H and O–H groups in total. The van der Waals surface area contributed by atoms with Crippen molar-refractivity contribution in [2.75, 3.05) is 11.1 Å². The highest BCUT2D eigenvalue weighted by molar-refractivity contribution is 7.99. The van der Waals surface area contributed by atoms with Gasteiger partial charge in [0.1, 0.15) is 5.82 Å². The molecule has 0 radical (unpaired) electrons. The predicted molar refractivity (Wildman–Crippen MR) is 113 cm³/mol. The summed E-state index contributed by atoms with van der Waals surface area (Å²) in [5, 5.41) is 12.9. The first kappa shape index (κ1) is 19.3. The first-order chi connectivity index (χ1) is 13.5. The standard InChI is InChI=1S/C20H18Cl2N4OS/c1-26-19(14-10-13(14)12-6-3-2-4-7-12)24-25-20(26)28-11-17(27)23-18-15(21)8-5-9-16(18)22/h2-9,13-14H,10-11H2,1H3,(H,23,27). The minimum absolute atomic E-state index is 0.195. The zero-order valence-corrected chi connectivity index (χ0v) is 17.4. The quantitative estimate of drug-likeness (QED) is 0.548. The van der Waals surface area contributed by atoms with Crippen LogP contribution in [0, 0.1) is 0 Å². The Bertz CT molecular complexity index is 988. The third-order valence-electron chi connectivity index (χ3n) is 4.78. The number of nitrogens with zero attached hydrogens (tertiary/aromatic N) is 3. The van der Waals surface area contributed by atoms with Crippen LogP contribution in [-0.4, -0.2) is 26.4 Å². The second-order valence-electron chi connectivity index (χ2n) is 6.69. The van der Waals surface area contributed by atoms with Crippen molar-refractivity contribution in [3.63, 3.8) is 0 Å². The first-order valence-electron chi connectivity index (χ1n) is 8.85. The molecule has 2 aromatic carbocycles. The van der Waals surface area contributed by atoms with E-state index in [0.717, 1.165) is 12.2 Å². The smallest absolute Gasteiger partial charge is 0.234 e. The number of halogens is 2. The Morgan fingerprint density at radius 1 is 1.11 bits per heavy atom. The van der Waals surface area contributed by atoms with Crippen LogP contribution in [0.2, 0.25) is 10.0 Å². The lowest BCUT2D eigenvalue weighted by molar-refractivity contribution is -0.113. The lowest BCUT2D eigenvalue weighted by Crippen LogP contribution is -2.15. The highest BCUT2D eigenvalue weighted by Gasteiger charge is 2.42. The molecular weight excluding hydrogens is 415 g/mol.